The summed E-state index contributed by atoms with van der Waals surface area (Å²) in [5, 5.41) is 19.6. The number of nitriles is 2. The van der Waals surface area contributed by atoms with Gasteiger partial charge in [0.15, 0.2) is 0 Å². The van der Waals surface area contributed by atoms with Crippen LogP contribution in [0.2, 0.25) is 0 Å². The first kappa shape index (κ1) is 16.9. The third-order valence-corrected chi connectivity index (χ3v) is 8.52. The van der Waals surface area contributed by atoms with E-state index in [2.05, 4.69) is 28.4 Å². The minimum atomic E-state index is 0.131. The van der Waals surface area contributed by atoms with Crippen LogP contribution in [0.25, 0.3) is 9.81 Å². The first-order valence-corrected chi connectivity index (χ1v) is 10.5. The molecule has 0 N–H and O–H groups in total. The van der Waals surface area contributed by atoms with E-state index in [9.17, 15) is 0 Å². The summed E-state index contributed by atoms with van der Waals surface area (Å²) in [6, 6.07) is 9.46. The molecule has 2 nitrogen and oxygen atoms in total. The van der Waals surface area contributed by atoms with Crippen molar-refractivity contribution < 1.29 is 0 Å². The van der Waals surface area contributed by atoms with Gasteiger partial charge in [-0.05, 0) is 18.6 Å². The Morgan fingerprint density at radius 1 is 1.10 bits per heavy atom. The average molecular weight is 413 g/mol. The van der Waals surface area contributed by atoms with E-state index in [1.807, 2.05) is 30.3 Å². The highest BCUT2D eigenvalue weighted by Gasteiger charge is 2.21. The molecule has 0 unspecified atom stereocenters. The molecular formula is C14H9BrN2S4. The van der Waals surface area contributed by atoms with Crippen LogP contribution in [0, 0.1) is 22.7 Å². The molecule has 0 aliphatic carbocycles. The van der Waals surface area contributed by atoms with Crippen molar-refractivity contribution in [3.8, 4) is 12.1 Å². The van der Waals surface area contributed by atoms with Gasteiger partial charge in [-0.1, -0.05) is 51.6 Å². The van der Waals surface area contributed by atoms with Crippen LogP contribution in [0.5, 0.6) is 0 Å². The molecule has 21 heavy (non-hydrogen) atoms. The molecule has 0 saturated heterocycles. The van der Waals surface area contributed by atoms with E-state index < -0.39 is 0 Å². The second kappa shape index (κ2) is 7.71. The molecule has 1 aromatic carbocycles. The molecule has 1 aliphatic rings. The van der Waals surface area contributed by atoms with E-state index in [4.69, 9.17) is 10.5 Å². The van der Waals surface area contributed by atoms with E-state index >= 15 is 0 Å². The van der Waals surface area contributed by atoms with Gasteiger partial charge in [0.25, 0.3) is 0 Å². The van der Waals surface area contributed by atoms with Crippen LogP contribution in [-0.4, -0.2) is 12.5 Å². The molecule has 0 radical (unpaired) electrons. The summed E-state index contributed by atoms with van der Waals surface area (Å²) in [6.07, 6.45) is 4.17. The Labute approximate surface area is 148 Å². The zero-order valence-electron chi connectivity index (χ0n) is 11.1. The second-order valence-electron chi connectivity index (χ2n) is 3.77. The number of hydrogen-bond acceptors (Lipinski definition) is 6. The second-order valence-corrected chi connectivity index (χ2v) is 9.07. The number of hydrogen-bond donors (Lipinski definition) is 0. The van der Waals surface area contributed by atoms with Crippen LogP contribution in [-0.2, 0) is 0 Å². The summed E-state index contributed by atoms with van der Waals surface area (Å²) in [5.74, 6) is 0. The zero-order chi connectivity index (χ0) is 15.4. The molecule has 7 heteroatoms. The molecule has 0 fully saturated rings. The van der Waals surface area contributed by atoms with E-state index in [1.165, 1.54) is 12.7 Å². The summed E-state index contributed by atoms with van der Waals surface area (Å²) in [7, 11) is 0. The minimum Gasteiger partial charge on any atom is -0.192 e. The normalized spacial score (nSPS) is 14.0. The Hall–Kier alpha value is -0.440. The van der Waals surface area contributed by atoms with E-state index in [0.717, 1.165) is 9.69 Å². The smallest absolute Gasteiger partial charge is 0.136 e. The third-order valence-electron chi connectivity index (χ3n) is 2.61. The van der Waals surface area contributed by atoms with Gasteiger partial charge in [0, 0.05) is 14.9 Å². The topological polar surface area (TPSA) is 47.6 Å². The molecule has 1 aliphatic heterocycles. The fourth-order valence-corrected chi connectivity index (χ4v) is 7.52. The van der Waals surface area contributed by atoms with Gasteiger partial charge in [-0.15, -0.1) is 23.5 Å². The van der Waals surface area contributed by atoms with Gasteiger partial charge in [0.2, 0.25) is 0 Å². The van der Waals surface area contributed by atoms with Crippen LogP contribution in [0.4, 0.5) is 0 Å². The third kappa shape index (κ3) is 3.67. The lowest BCUT2D eigenvalue weighted by molar-refractivity contribution is 1.46. The van der Waals surface area contributed by atoms with Crippen molar-refractivity contribution in [3.63, 3.8) is 0 Å². The number of benzene rings is 1. The number of halogens is 1. The van der Waals surface area contributed by atoms with Crippen LogP contribution < -0.4 is 10.4 Å². The summed E-state index contributed by atoms with van der Waals surface area (Å²) in [4.78, 5) is 0. The average Bonchev–Trinajstić information content (AvgIpc) is 2.91. The maximum absolute atomic E-state index is 8.93. The maximum Gasteiger partial charge on any atom is 0.136 e. The van der Waals surface area contributed by atoms with Crippen LogP contribution in [0.1, 0.15) is 0 Å². The Bertz CT molecular complexity index is 781. The molecule has 0 atom stereocenters. The number of nitrogens with zero attached hydrogens (tertiary/aromatic N) is 2. The van der Waals surface area contributed by atoms with Crippen molar-refractivity contribution in [1.29, 1.82) is 10.5 Å². The molecule has 1 heterocycles. The standard InChI is InChI=1S/C14H9BrN2S4/c1-18-13-14(19-2)21-12(20-13)10-4-3-8(5-11(10)15)9(6-16)7-17/h3-5H,1-2H3. The van der Waals surface area contributed by atoms with Crippen LogP contribution in [0.3, 0.4) is 0 Å². The minimum absolute atomic E-state index is 0.131. The zero-order valence-corrected chi connectivity index (χ0v) is 16.0. The summed E-state index contributed by atoms with van der Waals surface area (Å²) in [6.45, 7) is 0. The lowest BCUT2D eigenvalue weighted by Gasteiger charge is -1.99. The fourth-order valence-electron chi connectivity index (χ4n) is 1.62. The van der Waals surface area contributed by atoms with Gasteiger partial charge in [-0.3, -0.25) is 0 Å². The van der Waals surface area contributed by atoms with Gasteiger partial charge < -0.3 is 0 Å². The van der Waals surface area contributed by atoms with E-state index in [-0.39, 0.29) is 5.57 Å². The van der Waals surface area contributed by atoms with Crippen molar-refractivity contribution in [2.45, 2.75) is 0 Å². The highest BCUT2D eigenvalue weighted by atomic mass is 79.9. The monoisotopic (exact) mass is 412 g/mol. The Kier molecular flexibility index (Phi) is 6.21. The Balaban J connectivity index is 2.56. The van der Waals surface area contributed by atoms with E-state index in [0.29, 0.717) is 5.22 Å². The molecule has 0 saturated carbocycles. The number of thioether (sulfide) groups is 4. The molecular weight excluding hydrogens is 404 g/mol. The largest absolute Gasteiger partial charge is 0.192 e. The van der Waals surface area contributed by atoms with Crippen LogP contribution >= 0.6 is 63.0 Å². The summed E-state index contributed by atoms with van der Waals surface area (Å²) in [5.41, 5.74) is 0.131. The van der Waals surface area contributed by atoms with Crippen molar-refractivity contribution in [2.75, 3.05) is 12.5 Å². The molecule has 0 bridgehead atoms. The quantitative estimate of drug-likeness (QED) is 0.729. The maximum atomic E-state index is 8.93. The highest BCUT2D eigenvalue weighted by molar-refractivity contribution is 9.10. The van der Waals surface area contributed by atoms with E-state index in [1.54, 1.807) is 47.0 Å². The molecule has 0 aromatic heterocycles. The summed E-state index contributed by atoms with van der Waals surface area (Å²) >= 11 is 10.6. The molecule has 0 spiro atoms. The van der Waals surface area contributed by atoms with Gasteiger partial charge in [-0.25, -0.2) is 0 Å². The first-order valence-electron chi connectivity index (χ1n) is 5.67. The van der Waals surface area contributed by atoms with Gasteiger partial charge in [0.05, 0.1) is 12.7 Å². The predicted octanol–water partition coefficient (Wildman–Crippen LogP) is 4.05. The number of rotatable bonds is 2. The van der Waals surface area contributed by atoms with Gasteiger partial charge >= 0.3 is 0 Å². The highest BCUT2D eigenvalue weighted by Crippen LogP contribution is 2.56. The lowest BCUT2D eigenvalue weighted by Crippen LogP contribution is -2.12. The van der Waals surface area contributed by atoms with Crippen molar-refractivity contribution >= 4 is 72.8 Å². The first-order chi connectivity index (χ1) is 10.1. The van der Waals surface area contributed by atoms with Crippen molar-refractivity contribution in [1.82, 2.24) is 0 Å². The predicted molar refractivity (Wildman–Crippen MR) is 101 cm³/mol. The summed E-state index contributed by atoms with van der Waals surface area (Å²) < 4.78 is 4.76. The van der Waals surface area contributed by atoms with Gasteiger partial charge in [-0.2, -0.15) is 10.5 Å². The van der Waals surface area contributed by atoms with Crippen molar-refractivity contribution in [2.24, 2.45) is 0 Å². The molecule has 2 rings (SSSR count). The molecule has 106 valence electrons. The van der Waals surface area contributed by atoms with Gasteiger partial charge in [0.1, 0.15) is 17.7 Å². The molecule has 1 aromatic rings. The van der Waals surface area contributed by atoms with Crippen molar-refractivity contribution in [3.05, 3.63) is 41.6 Å². The lowest BCUT2D eigenvalue weighted by atomic mass is 10.2. The Morgan fingerprint density at radius 3 is 2.10 bits per heavy atom. The SMILES string of the molecule is CSC1=C(SC)SC(=c2ccc(=C(C#N)C#N)cc2Br)S1. The Morgan fingerprint density at radius 2 is 1.67 bits per heavy atom. The molecule has 0 amide bonds. The van der Waals surface area contributed by atoms with Crippen LogP contribution in [0.15, 0.2) is 31.1 Å². The fraction of sp³-hybridized carbons (Fsp3) is 0.143.